The summed E-state index contributed by atoms with van der Waals surface area (Å²) < 4.78 is 39.4. The van der Waals surface area contributed by atoms with Crippen molar-refractivity contribution in [3.05, 3.63) is 23.8 Å². The first-order valence-electron chi connectivity index (χ1n) is 9.25. The molecule has 0 N–H and O–H groups in total. The van der Waals surface area contributed by atoms with Crippen LogP contribution in [0.3, 0.4) is 0 Å². The molecule has 0 aromatic heterocycles. The van der Waals surface area contributed by atoms with Gasteiger partial charge in [-0.15, -0.1) is 0 Å². The van der Waals surface area contributed by atoms with Crippen LogP contribution in [0.2, 0.25) is 0 Å². The lowest BCUT2D eigenvalue weighted by molar-refractivity contribution is -0.141. The van der Waals surface area contributed by atoms with E-state index in [9.17, 15) is 18.0 Å². The summed E-state index contributed by atoms with van der Waals surface area (Å²) in [5, 5.41) is 0. The van der Waals surface area contributed by atoms with Gasteiger partial charge in [0.05, 0.1) is 30.8 Å². The predicted molar refractivity (Wildman–Crippen MR) is 103 cm³/mol. The molecular formula is C19H27NO7S. The second-order valence-electron chi connectivity index (χ2n) is 6.53. The average molecular weight is 413 g/mol. The van der Waals surface area contributed by atoms with Crippen molar-refractivity contribution in [2.75, 3.05) is 31.8 Å². The molecular weight excluding hydrogens is 386 g/mol. The van der Waals surface area contributed by atoms with Crippen molar-refractivity contribution in [3.63, 3.8) is 0 Å². The largest absolute Gasteiger partial charge is 0.493 e. The fraction of sp³-hybridized carbons (Fsp3) is 0.579. The smallest absolute Gasteiger partial charge is 0.339 e. The van der Waals surface area contributed by atoms with Crippen LogP contribution in [0.5, 0.6) is 11.5 Å². The Labute approximate surface area is 165 Å². The van der Waals surface area contributed by atoms with Crippen molar-refractivity contribution < 1.29 is 32.2 Å². The molecule has 1 amide bonds. The maximum atomic E-state index is 12.7. The van der Waals surface area contributed by atoms with Gasteiger partial charge in [-0.25, -0.2) is 13.2 Å². The summed E-state index contributed by atoms with van der Waals surface area (Å²) in [6.45, 7) is 5.82. The summed E-state index contributed by atoms with van der Waals surface area (Å²) in [7, 11) is -1.62. The molecule has 1 aliphatic heterocycles. The molecule has 28 heavy (non-hydrogen) atoms. The second-order valence-corrected chi connectivity index (χ2v) is 8.76. The summed E-state index contributed by atoms with van der Waals surface area (Å²) in [6.07, 6.45) is -0.632. The lowest BCUT2D eigenvalue weighted by Gasteiger charge is -2.29. The van der Waals surface area contributed by atoms with Gasteiger partial charge in [-0.2, -0.15) is 0 Å². The zero-order valence-corrected chi connectivity index (χ0v) is 17.5. The zero-order valence-electron chi connectivity index (χ0n) is 16.6. The fourth-order valence-electron chi connectivity index (χ4n) is 3.20. The Morgan fingerprint density at radius 2 is 1.96 bits per heavy atom. The van der Waals surface area contributed by atoms with Gasteiger partial charge < -0.3 is 19.1 Å². The van der Waals surface area contributed by atoms with E-state index in [1.165, 1.54) is 31.1 Å². The highest BCUT2D eigenvalue weighted by Crippen LogP contribution is 2.28. The van der Waals surface area contributed by atoms with Crippen molar-refractivity contribution in [2.45, 2.75) is 39.3 Å². The van der Waals surface area contributed by atoms with E-state index in [2.05, 4.69) is 0 Å². The standard InChI is InChI=1S/C19H27NO7S/c1-5-20(15-9-10-28(23,24)12-15)18(21)13(3)27-19(22)14-7-8-16(25-4)17(11-14)26-6-2/h7-8,11,13,15H,5-6,9-10,12H2,1-4H3/t13-,15+/m1/s1. The number of esters is 1. The third-order valence-corrected chi connectivity index (χ3v) is 6.35. The van der Waals surface area contributed by atoms with Gasteiger partial charge in [0.15, 0.2) is 27.4 Å². The van der Waals surface area contributed by atoms with E-state index in [1.54, 1.807) is 13.0 Å². The van der Waals surface area contributed by atoms with Crippen LogP contribution in [0.15, 0.2) is 18.2 Å². The van der Waals surface area contributed by atoms with E-state index < -0.39 is 27.8 Å². The molecule has 1 heterocycles. The van der Waals surface area contributed by atoms with Crippen molar-refractivity contribution in [1.82, 2.24) is 4.90 Å². The molecule has 0 spiro atoms. The number of nitrogens with zero attached hydrogens (tertiary/aromatic N) is 1. The first kappa shape index (κ1) is 22.0. The van der Waals surface area contributed by atoms with Gasteiger partial charge in [0.2, 0.25) is 0 Å². The van der Waals surface area contributed by atoms with Crippen molar-refractivity contribution >= 4 is 21.7 Å². The van der Waals surface area contributed by atoms with Crippen LogP contribution in [0, 0.1) is 0 Å². The third kappa shape index (κ3) is 5.15. The predicted octanol–water partition coefficient (Wildman–Crippen LogP) is 1.67. The summed E-state index contributed by atoms with van der Waals surface area (Å²) in [6, 6.07) is 4.25. The van der Waals surface area contributed by atoms with Crippen LogP contribution >= 0.6 is 0 Å². The number of carbonyl (C=O) groups is 2. The SMILES string of the molecule is CCOc1cc(C(=O)O[C@H](C)C(=O)N(CC)[C@H]2CCS(=O)(=O)C2)ccc1OC. The maximum absolute atomic E-state index is 12.7. The van der Waals surface area contributed by atoms with Crippen molar-refractivity contribution in [2.24, 2.45) is 0 Å². The molecule has 0 bridgehead atoms. The van der Waals surface area contributed by atoms with E-state index in [0.29, 0.717) is 31.1 Å². The minimum Gasteiger partial charge on any atom is -0.493 e. The Hall–Kier alpha value is -2.29. The van der Waals surface area contributed by atoms with Gasteiger partial charge in [0.25, 0.3) is 5.91 Å². The first-order chi connectivity index (χ1) is 13.2. The first-order valence-corrected chi connectivity index (χ1v) is 11.1. The molecule has 2 atom stereocenters. The van der Waals surface area contributed by atoms with Crippen LogP contribution in [0.25, 0.3) is 0 Å². The lowest BCUT2D eigenvalue weighted by Crippen LogP contribution is -2.46. The normalized spacial score (nSPS) is 18.9. The number of amides is 1. The molecule has 1 aromatic carbocycles. The molecule has 0 unspecified atom stereocenters. The summed E-state index contributed by atoms with van der Waals surface area (Å²) in [5.41, 5.74) is 0.232. The van der Waals surface area contributed by atoms with E-state index in [0.717, 1.165) is 0 Å². The van der Waals surface area contributed by atoms with Crippen molar-refractivity contribution in [3.8, 4) is 11.5 Å². The molecule has 2 rings (SSSR count). The average Bonchev–Trinajstić information content (AvgIpc) is 3.01. The van der Waals surface area contributed by atoms with Crippen LogP contribution in [0.4, 0.5) is 0 Å². The monoisotopic (exact) mass is 413 g/mol. The molecule has 1 aliphatic rings. The van der Waals surface area contributed by atoms with Gasteiger partial charge >= 0.3 is 5.97 Å². The van der Waals surface area contributed by atoms with Crippen molar-refractivity contribution in [1.29, 1.82) is 0 Å². The Bertz CT molecular complexity index is 822. The summed E-state index contributed by atoms with van der Waals surface area (Å²) in [4.78, 5) is 26.7. The number of likely N-dealkylation sites (N-methyl/N-ethyl adjacent to an activating group) is 1. The van der Waals surface area contributed by atoms with Gasteiger partial charge in [0, 0.05) is 12.6 Å². The number of hydrogen-bond donors (Lipinski definition) is 0. The van der Waals surface area contributed by atoms with E-state index in [1.807, 2.05) is 6.92 Å². The summed E-state index contributed by atoms with van der Waals surface area (Å²) >= 11 is 0. The number of hydrogen-bond acceptors (Lipinski definition) is 7. The van der Waals surface area contributed by atoms with Crippen LogP contribution in [0.1, 0.15) is 37.6 Å². The number of rotatable bonds is 8. The van der Waals surface area contributed by atoms with E-state index in [4.69, 9.17) is 14.2 Å². The molecule has 156 valence electrons. The maximum Gasteiger partial charge on any atom is 0.339 e. The van der Waals surface area contributed by atoms with E-state index >= 15 is 0 Å². The Morgan fingerprint density at radius 1 is 1.25 bits per heavy atom. The minimum absolute atomic E-state index is 0.0521. The third-order valence-electron chi connectivity index (χ3n) is 4.60. The number of carbonyl (C=O) groups excluding carboxylic acids is 2. The van der Waals surface area contributed by atoms with Gasteiger partial charge in [-0.05, 0) is 45.4 Å². The quantitative estimate of drug-likeness (QED) is 0.598. The second kappa shape index (κ2) is 9.27. The van der Waals surface area contributed by atoms with E-state index in [-0.39, 0.29) is 23.1 Å². The minimum atomic E-state index is -3.12. The molecule has 1 saturated heterocycles. The highest BCUT2D eigenvalue weighted by molar-refractivity contribution is 7.91. The number of ether oxygens (including phenoxy) is 3. The number of methoxy groups -OCH3 is 1. The van der Waals surface area contributed by atoms with Gasteiger partial charge in [0.1, 0.15) is 0 Å². The van der Waals surface area contributed by atoms with Crippen LogP contribution in [-0.4, -0.2) is 69.1 Å². The highest BCUT2D eigenvalue weighted by Gasteiger charge is 2.36. The Morgan fingerprint density at radius 3 is 2.50 bits per heavy atom. The molecule has 0 radical (unpaired) electrons. The molecule has 0 aliphatic carbocycles. The fourth-order valence-corrected chi connectivity index (χ4v) is 4.93. The van der Waals surface area contributed by atoms with Crippen LogP contribution < -0.4 is 9.47 Å². The summed E-state index contributed by atoms with van der Waals surface area (Å²) in [5.74, 6) is -0.159. The molecule has 1 aromatic rings. The number of sulfone groups is 1. The molecule has 1 fully saturated rings. The number of benzene rings is 1. The lowest BCUT2D eigenvalue weighted by atomic mass is 10.2. The topological polar surface area (TPSA) is 99.2 Å². The molecule has 8 nitrogen and oxygen atoms in total. The van der Waals surface area contributed by atoms with Gasteiger partial charge in [-0.1, -0.05) is 0 Å². The molecule has 9 heteroatoms. The zero-order chi connectivity index (χ0) is 20.9. The Kier molecular flexibility index (Phi) is 7.29. The molecule has 0 saturated carbocycles. The Balaban J connectivity index is 2.08. The highest BCUT2D eigenvalue weighted by atomic mass is 32.2. The van der Waals surface area contributed by atoms with Crippen LogP contribution in [-0.2, 0) is 19.4 Å². The van der Waals surface area contributed by atoms with Gasteiger partial charge in [-0.3, -0.25) is 4.79 Å².